The van der Waals surface area contributed by atoms with Crippen molar-refractivity contribution in [3.63, 3.8) is 0 Å². The van der Waals surface area contributed by atoms with Crippen LogP contribution >= 0.6 is 0 Å². The Balaban J connectivity index is 0.000000130. The Morgan fingerprint density at radius 1 is 0.292 bits per heavy atom. The Morgan fingerprint density at radius 3 is 0.817 bits per heavy atom. The van der Waals surface area contributed by atoms with E-state index in [1.54, 1.807) is 69.9 Å². The Bertz CT molecular complexity index is 5270. The van der Waals surface area contributed by atoms with E-state index in [2.05, 4.69) is 198 Å². The summed E-state index contributed by atoms with van der Waals surface area (Å²) in [5, 5.41) is 41.9. The van der Waals surface area contributed by atoms with Crippen LogP contribution in [0.3, 0.4) is 0 Å². The highest BCUT2D eigenvalue weighted by Crippen LogP contribution is 2.48. The van der Waals surface area contributed by atoms with Gasteiger partial charge < -0.3 is 34.6 Å². The van der Waals surface area contributed by atoms with Gasteiger partial charge in [0.1, 0.15) is 45.9 Å². The zero-order chi connectivity index (χ0) is 84.6. The predicted molar refractivity (Wildman–Crippen MR) is 479 cm³/mol. The molecule has 0 heterocycles. The van der Waals surface area contributed by atoms with Gasteiger partial charge in [-0.2, -0.15) is 0 Å². The van der Waals surface area contributed by atoms with E-state index in [1.807, 2.05) is 135 Å². The zero-order valence-electron chi connectivity index (χ0n) is 69.3. The first-order chi connectivity index (χ1) is 58.1. The highest BCUT2D eigenvalue weighted by Gasteiger charge is 2.40. The molecule has 604 valence electrons. The van der Waals surface area contributed by atoms with Crippen molar-refractivity contribution < 1.29 is 47.8 Å². The lowest BCUT2D eigenvalue weighted by Crippen LogP contribution is -2.28. The van der Waals surface area contributed by atoms with Crippen molar-refractivity contribution in [1.29, 1.82) is 0 Å². The molecule has 0 aliphatic heterocycles. The minimum absolute atomic E-state index is 0.0751. The predicted octanol–water partition coefficient (Wildman–Crippen LogP) is 24.0. The molecular formula is C110H101F3O7. The number of aryl methyl sites for hydroxylation is 5. The fourth-order valence-electron chi connectivity index (χ4n) is 16.6. The molecule has 7 nitrogen and oxygen atoms in total. The molecule has 3 atom stereocenters. The summed E-state index contributed by atoms with van der Waals surface area (Å²) < 4.78 is 55.7. The summed E-state index contributed by atoms with van der Waals surface area (Å²) in [5.74, 6) is 1.36. The quantitative estimate of drug-likeness (QED) is 0.0714. The summed E-state index contributed by atoms with van der Waals surface area (Å²) in [4.78, 5) is 0. The number of benzene rings is 15. The molecule has 0 radical (unpaired) electrons. The lowest BCUT2D eigenvalue weighted by Gasteiger charge is -2.33. The van der Waals surface area contributed by atoms with Gasteiger partial charge in [0, 0.05) is 16.2 Å². The standard InChI is InChI=1S/C23H22O.C23H20O.C22H21FO.2C21H19FO2/c2*1-23(20-14-10-17(16-24)11-15-20)21-8-4-2-6-18(21)12-13-19-7-3-5-9-22(19)23;1-16-4-6-17(7-5-16)22(2,18-8-12-20(23)13-9-18)19-10-14-21(24-3)15-11-19;2*1-15-3-5-16(6-4-15)21(23,17-7-11-19(22)12-8-17)18-9-13-20(24-2)14-10-18/h2-11,14-15,24H,12-13,16H2,1H3;2-15,24H,16H2,1H3;4-15H,1-3H3;2*3-14,23H,1-2H3/t;;22-;2*21-/m..011/s1. The minimum Gasteiger partial charge on any atom is -0.497 e. The van der Waals surface area contributed by atoms with E-state index in [9.17, 15) is 33.6 Å². The van der Waals surface area contributed by atoms with Crippen LogP contribution in [0.15, 0.2) is 364 Å². The van der Waals surface area contributed by atoms with Crippen LogP contribution in [0.1, 0.15) is 154 Å². The highest BCUT2D eigenvalue weighted by atomic mass is 19.1. The molecule has 0 bridgehead atoms. The van der Waals surface area contributed by atoms with Crippen molar-refractivity contribution in [2.75, 3.05) is 21.3 Å². The summed E-state index contributed by atoms with van der Waals surface area (Å²) in [5.41, 5.74) is 22.5. The maximum absolute atomic E-state index is 13.4. The summed E-state index contributed by atoms with van der Waals surface area (Å²) in [6, 6.07) is 117. The summed E-state index contributed by atoms with van der Waals surface area (Å²) in [7, 11) is 4.86. The first kappa shape index (κ1) is 85.0. The number of aliphatic hydroxyl groups excluding tert-OH is 2. The third-order valence-corrected chi connectivity index (χ3v) is 23.8. The van der Waals surface area contributed by atoms with Crippen molar-refractivity contribution in [3.8, 4) is 17.2 Å². The van der Waals surface area contributed by atoms with Gasteiger partial charge in [-0.3, -0.25) is 0 Å². The molecule has 2 aliphatic rings. The topological polar surface area (TPSA) is 109 Å². The average molecular weight is 1590 g/mol. The molecule has 4 N–H and O–H groups in total. The second-order valence-corrected chi connectivity index (χ2v) is 31.1. The van der Waals surface area contributed by atoms with E-state index in [0.29, 0.717) is 33.8 Å². The molecule has 0 spiro atoms. The summed E-state index contributed by atoms with van der Waals surface area (Å²) in [6.45, 7) is 13.0. The third-order valence-electron chi connectivity index (χ3n) is 23.8. The fraction of sp³-hybridized carbons (Fsp3) is 0.164. The van der Waals surface area contributed by atoms with Gasteiger partial charge in [0.25, 0.3) is 0 Å². The van der Waals surface area contributed by atoms with Crippen LogP contribution in [0, 0.1) is 38.2 Å². The molecule has 17 rings (SSSR count). The number of rotatable bonds is 16. The van der Waals surface area contributed by atoms with Crippen molar-refractivity contribution >= 4 is 12.2 Å². The Kier molecular flexibility index (Phi) is 26.7. The Morgan fingerprint density at radius 2 is 0.525 bits per heavy atom. The van der Waals surface area contributed by atoms with E-state index >= 15 is 0 Å². The number of halogens is 3. The number of ether oxygens (including phenoxy) is 3. The molecule has 0 fully saturated rings. The van der Waals surface area contributed by atoms with Crippen LogP contribution in [0.2, 0.25) is 0 Å². The van der Waals surface area contributed by atoms with Gasteiger partial charge in [-0.1, -0.05) is 320 Å². The van der Waals surface area contributed by atoms with Crippen LogP contribution in [-0.4, -0.2) is 41.8 Å². The van der Waals surface area contributed by atoms with Crippen LogP contribution in [0.25, 0.3) is 12.2 Å². The Labute approximate surface area is 704 Å². The van der Waals surface area contributed by atoms with Crippen molar-refractivity contribution in [1.82, 2.24) is 0 Å². The van der Waals surface area contributed by atoms with Gasteiger partial charge in [-0.25, -0.2) is 13.2 Å². The lowest BCUT2D eigenvalue weighted by molar-refractivity contribution is 0.125. The molecule has 0 saturated carbocycles. The highest BCUT2D eigenvalue weighted by molar-refractivity contribution is 5.79. The second kappa shape index (κ2) is 37.8. The van der Waals surface area contributed by atoms with Gasteiger partial charge in [-0.15, -0.1) is 0 Å². The summed E-state index contributed by atoms with van der Waals surface area (Å²) in [6.07, 6.45) is 6.58. The number of fused-ring (bicyclic) bond motifs is 4. The molecule has 15 aromatic carbocycles. The van der Waals surface area contributed by atoms with E-state index in [-0.39, 0.29) is 46.9 Å². The van der Waals surface area contributed by atoms with Crippen LogP contribution in [0.4, 0.5) is 13.2 Å². The van der Waals surface area contributed by atoms with Crippen LogP contribution < -0.4 is 14.2 Å². The Hall–Kier alpha value is -12.9. The second-order valence-electron chi connectivity index (χ2n) is 31.1. The largest absolute Gasteiger partial charge is 0.497 e. The van der Waals surface area contributed by atoms with Crippen molar-refractivity contribution in [2.45, 2.75) is 95.0 Å². The van der Waals surface area contributed by atoms with Gasteiger partial charge >= 0.3 is 0 Å². The van der Waals surface area contributed by atoms with Gasteiger partial charge in [-0.05, 0) is 244 Å². The van der Waals surface area contributed by atoms with Crippen LogP contribution in [-0.2, 0) is 53.5 Å². The first-order valence-corrected chi connectivity index (χ1v) is 40.4. The maximum atomic E-state index is 13.4. The number of methoxy groups -OCH3 is 3. The van der Waals surface area contributed by atoms with Gasteiger partial charge in [0.05, 0.1) is 34.5 Å². The number of hydrogen-bond acceptors (Lipinski definition) is 7. The van der Waals surface area contributed by atoms with Gasteiger partial charge in [0.2, 0.25) is 0 Å². The normalized spacial score (nSPS) is 14.0. The smallest absolute Gasteiger partial charge is 0.140 e. The average Bonchev–Trinajstić information content (AvgIpc) is 1.55. The molecule has 2 aliphatic carbocycles. The van der Waals surface area contributed by atoms with E-state index < -0.39 is 11.2 Å². The number of aliphatic hydroxyl groups is 4. The molecular weight excluding hydrogens is 1490 g/mol. The minimum atomic E-state index is -1.37. The third kappa shape index (κ3) is 18.1. The molecule has 120 heavy (non-hydrogen) atoms. The van der Waals surface area contributed by atoms with Crippen molar-refractivity contribution in [2.24, 2.45) is 0 Å². The maximum Gasteiger partial charge on any atom is 0.140 e. The first-order valence-electron chi connectivity index (χ1n) is 40.4. The molecule has 10 heteroatoms. The molecule has 0 saturated heterocycles. The van der Waals surface area contributed by atoms with E-state index in [4.69, 9.17) is 14.2 Å². The SMILES string of the molecule is CC1(c2ccc(CO)cc2)c2ccccc2C=Cc2ccccc21.CC1(c2ccc(CO)cc2)c2ccccc2CCc2ccccc21.COc1ccc([C@@](C)(c2ccc(C)cc2)c2ccc(F)cc2)cc1.COc1ccc([C@@](O)(c2ccc(C)cc2)c2ccc(F)cc2)cc1.COc1ccc([C@@](O)(c2ccc(C)cc2)c2ccc(F)cc2)cc1. The monoisotopic (exact) mass is 1590 g/mol. The van der Waals surface area contributed by atoms with Gasteiger partial charge in [0.15, 0.2) is 0 Å². The van der Waals surface area contributed by atoms with E-state index in [1.165, 1.54) is 103 Å². The molecule has 0 unspecified atom stereocenters. The fourth-order valence-corrected chi connectivity index (χ4v) is 16.6. The molecule has 0 amide bonds. The zero-order valence-corrected chi connectivity index (χ0v) is 69.3. The molecule has 0 aromatic heterocycles. The molecule has 15 aromatic rings. The van der Waals surface area contributed by atoms with Crippen molar-refractivity contribution in [3.05, 3.63) is 515 Å². The lowest BCUT2D eigenvalue weighted by atomic mass is 9.69. The summed E-state index contributed by atoms with van der Waals surface area (Å²) >= 11 is 0. The van der Waals surface area contributed by atoms with Crippen LogP contribution in [0.5, 0.6) is 17.2 Å². The number of hydrogen-bond donors (Lipinski definition) is 4. The van der Waals surface area contributed by atoms with E-state index in [0.717, 1.165) is 63.1 Å².